The summed E-state index contributed by atoms with van der Waals surface area (Å²) >= 11 is 0. The summed E-state index contributed by atoms with van der Waals surface area (Å²) in [6, 6.07) is 5.12. The number of hydrogen-bond donors (Lipinski definition) is 3. The highest BCUT2D eigenvalue weighted by Crippen LogP contribution is 2.22. The van der Waals surface area contributed by atoms with Crippen LogP contribution in [0.1, 0.15) is 34.0 Å². The molecule has 0 aliphatic carbocycles. The van der Waals surface area contributed by atoms with Gasteiger partial charge in [0.15, 0.2) is 0 Å². The lowest BCUT2D eigenvalue weighted by Crippen LogP contribution is -2.22. The van der Waals surface area contributed by atoms with Gasteiger partial charge in [0.25, 0.3) is 0 Å². The van der Waals surface area contributed by atoms with Crippen LogP contribution in [0.3, 0.4) is 0 Å². The molecule has 0 saturated heterocycles. The van der Waals surface area contributed by atoms with E-state index in [9.17, 15) is 15.0 Å². The Morgan fingerprint density at radius 1 is 1.44 bits per heavy atom. The van der Waals surface area contributed by atoms with Gasteiger partial charge in [-0.2, -0.15) is 0 Å². The van der Waals surface area contributed by atoms with Crippen LogP contribution in [0.15, 0.2) is 18.2 Å². The van der Waals surface area contributed by atoms with Crippen LogP contribution in [-0.4, -0.2) is 29.1 Å². The third-order valence-electron chi connectivity index (χ3n) is 2.51. The second-order valence-corrected chi connectivity index (χ2v) is 3.84. The van der Waals surface area contributed by atoms with Crippen molar-refractivity contribution < 1.29 is 15.0 Å². The van der Waals surface area contributed by atoms with Crippen LogP contribution in [0.25, 0.3) is 0 Å². The maximum absolute atomic E-state index is 10.8. The van der Waals surface area contributed by atoms with Gasteiger partial charge >= 0.3 is 0 Å². The first kappa shape index (κ1) is 12.8. The molecule has 4 N–H and O–H groups in total. The van der Waals surface area contributed by atoms with Gasteiger partial charge in [0.1, 0.15) is 12.4 Å². The smallest absolute Gasteiger partial charge is 0.150 e. The highest BCUT2D eigenvalue weighted by Gasteiger charge is 2.20. The predicted octanol–water partition coefficient (Wildman–Crippen LogP) is 0.551. The van der Waals surface area contributed by atoms with Crippen molar-refractivity contribution in [2.75, 3.05) is 6.54 Å². The zero-order valence-electron chi connectivity index (χ0n) is 9.26. The predicted molar refractivity (Wildman–Crippen MR) is 61.2 cm³/mol. The van der Waals surface area contributed by atoms with Gasteiger partial charge in [-0.15, -0.1) is 0 Å². The number of aliphatic hydroxyl groups excluding tert-OH is 2. The number of hydrogen-bond acceptors (Lipinski definition) is 4. The fraction of sp³-hybridized carbons (Fsp3) is 0.417. The van der Waals surface area contributed by atoms with Crippen molar-refractivity contribution in [3.63, 3.8) is 0 Å². The molecule has 1 aromatic rings. The van der Waals surface area contributed by atoms with Crippen molar-refractivity contribution >= 4 is 6.29 Å². The average Bonchev–Trinajstić information content (AvgIpc) is 2.28. The van der Waals surface area contributed by atoms with Gasteiger partial charge in [-0.05, 0) is 25.5 Å². The largest absolute Gasteiger partial charge is 0.390 e. The Balaban J connectivity index is 3.00. The Hall–Kier alpha value is -1.23. The molecule has 88 valence electrons. The van der Waals surface area contributed by atoms with Gasteiger partial charge < -0.3 is 15.9 Å². The first-order chi connectivity index (χ1) is 7.60. The normalized spacial score (nSPS) is 14.5. The Morgan fingerprint density at radius 2 is 2.12 bits per heavy atom. The minimum atomic E-state index is -1.07. The van der Waals surface area contributed by atoms with E-state index >= 15 is 0 Å². The number of aldehydes is 1. The summed E-state index contributed by atoms with van der Waals surface area (Å²) < 4.78 is 0. The number of benzene rings is 1. The second-order valence-electron chi connectivity index (χ2n) is 3.84. The molecule has 0 fully saturated rings. The summed E-state index contributed by atoms with van der Waals surface area (Å²) in [5.74, 6) is 0. The van der Waals surface area contributed by atoms with Gasteiger partial charge in [-0.3, -0.25) is 4.79 Å². The van der Waals surface area contributed by atoms with Crippen molar-refractivity contribution in [1.82, 2.24) is 0 Å². The molecule has 4 heteroatoms. The zero-order chi connectivity index (χ0) is 12.1. The van der Waals surface area contributed by atoms with E-state index in [-0.39, 0.29) is 0 Å². The van der Waals surface area contributed by atoms with E-state index in [1.807, 2.05) is 6.92 Å². The topological polar surface area (TPSA) is 83.5 Å². The van der Waals surface area contributed by atoms with E-state index < -0.39 is 12.2 Å². The summed E-state index contributed by atoms with van der Waals surface area (Å²) in [7, 11) is 0. The molecule has 0 radical (unpaired) electrons. The molecule has 1 rings (SSSR count). The quantitative estimate of drug-likeness (QED) is 0.636. The summed E-state index contributed by atoms with van der Waals surface area (Å²) in [6.45, 7) is 2.15. The minimum Gasteiger partial charge on any atom is -0.390 e. The summed E-state index contributed by atoms with van der Waals surface area (Å²) in [6.07, 6.45) is -1.03. The van der Waals surface area contributed by atoms with Gasteiger partial charge in [0.05, 0.1) is 6.10 Å². The zero-order valence-corrected chi connectivity index (χ0v) is 9.26. The van der Waals surface area contributed by atoms with Crippen molar-refractivity contribution in [3.05, 3.63) is 34.9 Å². The molecule has 0 aliphatic rings. The summed E-state index contributed by atoms with van der Waals surface area (Å²) in [5, 5.41) is 19.5. The van der Waals surface area contributed by atoms with Crippen LogP contribution >= 0.6 is 0 Å². The average molecular weight is 223 g/mol. The lowest BCUT2D eigenvalue weighted by molar-refractivity contribution is 0.0147. The first-order valence-corrected chi connectivity index (χ1v) is 5.22. The van der Waals surface area contributed by atoms with E-state index in [1.165, 1.54) is 0 Å². The number of rotatable bonds is 5. The van der Waals surface area contributed by atoms with Crippen molar-refractivity contribution in [3.8, 4) is 0 Å². The van der Waals surface area contributed by atoms with Crippen molar-refractivity contribution in [2.24, 2.45) is 5.73 Å². The van der Waals surface area contributed by atoms with E-state index in [0.29, 0.717) is 30.4 Å². The minimum absolute atomic E-state index is 0.292. The lowest BCUT2D eigenvalue weighted by atomic mass is 9.96. The number of carbonyl (C=O) groups excluding carboxylic acids is 1. The molecule has 1 aromatic carbocycles. The molecule has 0 heterocycles. The second kappa shape index (κ2) is 5.75. The first-order valence-electron chi connectivity index (χ1n) is 5.22. The van der Waals surface area contributed by atoms with E-state index in [1.54, 1.807) is 18.2 Å². The number of aryl methyl sites for hydroxylation is 1. The van der Waals surface area contributed by atoms with Crippen LogP contribution in [0, 0.1) is 6.92 Å². The molecule has 0 aromatic heterocycles. The van der Waals surface area contributed by atoms with Crippen LogP contribution in [0.4, 0.5) is 0 Å². The summed E-state index contributed by atoms with van der Waals surface area (Å²) in [4.78, 5) is 10.8. The third kappa shape index (κ3) is 2.88. The highest BCUT2D eigenvalue weighted by molar-refractivity contribution is 5.77. The molecule has 0 spiro atoms. The third-order valence-corrected chi connectivity index (χ3v) is 2.51. The number of nitrogens with two attached hydrogens (primary N) is 1. The molecule has 4 nitrogen and oxygen atoms in total. The summed E-state index contributed by atoms with van der Waals surface area (Å²) in [5.41, 5.74) is 7.09. The van der Waals surface area contributed by atoms with Gasteiger partial charge in [-0.1, -0.05) is 23.8 Å². The molecule has 2 unspecified atom stereocenters. The van der Waals surface area contributed by atoms with E-state index in [0.717, 1.165) is 5.56 Å². The lowest BCUT2D eigenvalue weighted by Gasteiger charge is -2.19. The standard InChI is InChI=1S/C12H17NO3/c1-8-2-3-9(7-14)10(6-8)12(16)11(15)4-5-13/h2-3,6-7,11-12,15-16H,4-5,13H2,1H3. The fourth-order valence-corrected chi connectivity index (χ4v) is 1.59. The van der Waals surface area contributed by atoms with Gasteiger partial charge in [-0.25, -0.2) is 0 Å². The molecule has 2 atom stereocenters. The highest BCUT2D eigenvalue weighted by atomic mass is 16.3. The Morgan fingerprint density at radius 3 is 2.69 bits per heavy atom. The SMILES string of the molecule is Cc1ccc(C=O)c(C(O)C(O)CCN)c1. The fourth-order valence-electron chi connectivity index (χ4n) is 1.59. The van der Waals surface area contributed by atoms with Crippen LogP contribution in [0.2, 0.25) is 0 Å². The molecule has 0 aliphatic heterocycles. The maximum atomic E-state index is 10.8. The molecular weight excluding hydrogens is 206 g/mol. The van der Waals surface area contributed by atoms with Crippen molar-refractivity contribution in [2.45, 2.75) is 25.6 Å². The molecule has 0 bridgehead atoms. The van der Waals surface area contributed by atoms with Crippen LogP contribution in [0.5, 0.6) is 0 Å². The van der Waals surface area contributed by atoms with Gasteiger partial charge in [0, 0.05) is 5.56 Å². The number of aliphatic hydroxyl groups is 2. The Labute approximate surface area is 94.7 Å². The molecule has 0 amide bonds. The maximum Gasteiger partial charge on any atom is 0.150 e. The van der Waals surface area contributed by atoms with Gasteiger partial charge in [0.2, 0.25) is 0 Å². The molecule has 16 heavy (non-hydrogen) atoms. The Bertz CT molecular complexity index is 365. The van der Waals surface area contributed by atoms with E-state index in [2.05, 4.69) is 0 Å². The number of carbonyl (C=O) groups is 1. The Kier molecular flexibility index (Phi) is 4.61. The van der Waals surface area contributed by atoms with Crippen LogP contribution in [-0.2, 0) is 0 Å². The monoisotopic (exact) mass is 223 g/mol. The van der Waals surface area contributed by atoms with Crippen molar-refractivity contribution in [1.29, 1.82) is 0 Å². The molecule has 0 saturated carbocycles. The van der Waals surface area contributed by atoms with E-state index in [4.69, 9.17) is 5.73 Å². The molecular formula is C12H17NO3. The van der Waals surface area contributed by atoms with Crippen LogP contribution < -0.4 is 5.73 Å².